The first-order valence-electron chi connectivity index (χ1n) is 4.69. The highest BCUT2D eigenvalue weighted by Gasteiger charge is 2.10. The molecular formula is C11H13NO4. The van der Waals surface area contributed by atoms with Gasteiger partial charge in [0.15, 0.2) is 0 Å². The largest absolute Gasteiger partial charge is 0.508 e. The van der Waals surface area contributed by atoms with Crippen LogP contribution in [0.1, 0.15) is 15.9 Å². The first kappa shape index (κ1) is 12.0. The van der Waals surface area contributed by atoms with Crippen molar-refractivity contribution in [3.05, 3.63) is 29.3 Å². The Kier molecular flexibility index (Phi) is 3.88. The second-order valence-electron chi connectivity index (χ2n) is 3.26. The Labute approximate surface area is 93.0 Å². The molecule has 0 saturated heterocycles. The fraction of sp³-hybridized carbons (Fsp3) is 0.273. The van der Waals surface area contributed by atoms with Crippen molar-refractivity contribution in [2.75, 3.05) is 13.7 Å². The van der Waals surface area contributed by atoms with Gasteiger partial charge in [-0.15, -0.1) is 0 Å². The van der Waals surface area contributed by atoms with Gasteiger partial charge in [0, 0.05) is 5.56 Å². The van der Waals surface area contributed by atoms with E-state index in [-0.39, 0.29) is 18.2 Å². The molecule has 86 valence electrons. The molecule has 0 saturated carbocycles. The van der Waals surface area contributed by atoms with Gasteiger partial charge in [-0.3, -0.25) is 9.59 Å². The van der Waals surface area contributed by atoms with E-state index in [1.807, 2.05) is 0 Å². The summed E-state index contributed by atoms with van der Waals surface area (Å²) in [5.74, 6) is -0.783. The third-order valence-corrected chi connectivity index (χ3v) is 2.08. The zero-order valence-electron chi connectivity index (χ0n) is 9.11. The number of aromatic hydroxyl groups is 1. The quantitative estimate of drug-likeness (QED) is 0.736. The minimum absolute atomic E-state index is 0.0991. The molecule has 5 nitrogen and oxygen atoms in total. The molecule has 1 amide bonds. The monoisotopic (exact) mass is 223 g/mol. The number of phenolic OH excluding ortho intramolecular Hbond substituents is 1. The van der Waals surface area contributed by atoms with Crippen LogP contribution in [0.15, 0.2) is 18.2 Å². The van der Waals surface area contributed by atoms with Crippen molar-refractivity contribution in [1.29, 1.82) is 0 Å². The highest BCUT2D eigenvalue weighted by atomic mass is 16.5. The van der Waals surface area contributed by atoms with Gasteiger partial charge in [-0.1, -0.05) is 0 Å². The number of hydrogen-bond acceptors (Lipinski definition) is 4. The fourth-order valence-electron chi connectivity index (χ4n) is 1.22. The molecule has 0 unspecified atom stereocenters. The van der Waals surface area contributed by atoms with Crippen molar-refractivity contribution in [1.82, 2.24) is 5.32 Å². The second-order valence-corrected chi connectivity index (χ2v) is 3.26. The van der Waals surface area contributed by atoms with Crippen LogP contribution in [-0.4, -0.2) is 30.6 Å². The van der Waals surface area contributed by atoms with Gasteiger partial charge in [0.2, 0.25) is 0 Å². The molecule has 16 heavy (non-hydrogen) atoms. The van der Waals surface area contributed by atoms with Crippen LogP contribution in [0.3, 0.4) is 0 Å². The predicted octanol–water partition coefficient (Wildman–Crippen LogP) is 0.603. The summed E-state index contributed by atoms with van der Waals surface area (Å²) in [5.41, 5.74) is 1.06. The molecule has 0 radical (unpaired) electrons. The highest BCUT2D eigenvalue weighted by Crippen LogP contribution is 2.15. The Morgan fingerprint density at radius 3 is 2.69 bits per heavy atom. The van der Waals surface area contributed by atoms with E-state index in [1.54, 1.807) is 6.92 Å². The minimum Gasteiger partial charge on any atom is -0.508 e. The summed E-state index contributed by atoms with van der Waals surface area (Å²) in [6.07, 6.45) is 0. The maximum atomic E-state index is 11.6. The molecule has 1 rings (SSSR count). The van der Waals surface area contributed by atoms with E-state index in [9.17, 15) is 9.59 Å². The van der Waals surface area contributed by atoms with Crippen molar-refractivity contribution in [3.63, 3.8) is 0 Å². The van der Waals surface area contributed by atoms with Gasteiger partial charge < -0.3 is 15.2 Å². The number of carbonyl (C=O) groups excluding carboxylic acids is 2. The summed E-state index contributed by atoms with van der Waals surface area (Å²) in [4.78, 5) is 22.4. The number of ether oxygens (including phenoxy) is 1. The molecule has 0 bridgehead atoms. The summed E-state index contributed by atoms with van der Waals surface area (Å²) in [6.45, 7) is 1.53. The normalized spacial score (nSPS) is 9.62. The van der Waals surface area contributed by atoms with Crippen LogP contribution >= 0.6 is 0 Å². The highest BCUT2D eigenvalue weighted by molar-refractivity contribution is 5.97. The van der Waals surface area contributed by atoms with Crippen LogP contribution in [0.25, 0.3) is 0 Å². The van der Waals surface area contributed by atoms with Crippen LogP contribution in [-0.2, 0) is 9.53 Å². The van der Waals surface area contributed by atoms with E-state index in [0.717, 1.165) is 0 Å². The number of rotatable bonds is 3. The average Bonchev–Trinajstić information content (AvgIpc) is 2.25. The van der Waals surface area contributed by atoms with Gasteiger partial charge in [0.1, 0.15) is 12.3 Å². The fourth-order valence-corrected chi connectivity index (χ4v) is 1.22. The summed E-state index contributed by atoms with van der Waals surface area (Å²) in [7, 11) is 1.25. The Bertz CT molecular complexity index is 414. The number of phenols is 1. The van der Waals surface area contributed by atoms with Crippen molar-refractivity contribution in [2.24, 2.45) is 0 Å². The number of esters is 1. The first-order valence-corrected chi connectivity index (χ1v) is 4.69. The summed E-state index contributed by atoms with van der Waals surface area (Å²) in [5, 5.41) is 11.6. The minimum atomic E-state index is -0.509. The van der Waals surface area contributed by atoms with Gasteiger partial charge in [-0.05, 0) is 30.7 Å². The average molecular weight is 223 g/mol. The number of hydrogen-bond donors (Lipinski definition) is 2. The van der Waals surface area contributed by atoms with Gasteiger partial charge >= 0.3 is 5.97 Å². The lowest BCUT2D eigenvalue weighted by Gasteiger charge is -2.06. The van der Waals surface area contributed by atoms with Crippen LogP contribution in [0, 0.1) is 6.92 Å². The molecule has 0 aliphatic carbocycles. The van der Waals surface area contributed by atoms with E-state index in [4.69, 9.17) is 5.11 Å². The molecule has 1 aromatic carbocycles. The van der Waals surface area contributed by atoms with E-state index in [2.05, 4.69) is 10.1 Å². The summed E-state index contributed by atoms with van der Waals surface area (Å²) >= 11 is 0. The van der Waals surface area contributed by atoms with Crippen molar-refractivity contribution < 1.29 is 19.4 Å². The van der Waals surface area contributed by atoms with Gasteiger partial charge in [0.05, 0.1) is 7.11 Å². The SMILES string of the molecule is COC(=O)CNC(=O)c1ccc(O)cc1C. The molecule has 0 aliphatic heterocycles. The second kappa shape index (κ2) is 5.16. The maximum absolute atomic E-state index is 11.6. The number of benzene rings is 1. The number of methoxy groups -OCH3 is 1. The molecule has 0 aromatic heterocycles. The molecule has 0 spiro atoms. The van der Waals surface area contributed by atoms with Crippen LogP contribution in [0.5, 0.6) is 5.75 Å². The van der Waals surface area contributed by atoms with Crippen LogP contribution < -0.4 is 5.32 Å². The predicted molar refractivity (Wildman–Crippen MR) is 57.2 cm³/mol. The summed E-state index contributed by atoms with van der Waals surface area (Å²) < 4.78 is 4.39. The van der Waals surface area contributed by atoms with Crippen molar-refractivity contribution in [2.45, 2.75) is 6.92 Å². The van der Waals surface area contributed by atoms with E-state index in [1.165, 1.54) is 25.3 Å². The lowest BCUT2D eigenvalue weighted by Crippen LogP contribution is -2.30. The third kappa shape index (κ3) is 2.98. The number of nitrogens with one attached hydrogen (secondary N) is 1. The molecule has 2 N–H and O–H groups in total. The van der Waals surface area contributed by atoms with Gasteiger partial charge in [0.25, 0.3) is 5.91 Å². The Morgan fingerprint density at radius 1 is 1.44 bits per heavy atom. The van der Waals surface area contributed by atoms with E-state index in [0.29, 0.717) is 11.1 Å². The molecule has 0 heterocycles. The van der Waals surface area contributed by atoms with Gasteiger partial charge in [-0.2, -0.15) is 0 Å². The molecule has 5 heteroatoms. The lowest BCUT2D eigenvalue weighted by atomic mass is 10.1. The summed E-state index contributed by atoms with van der Waals surface area (Å²) in [6, 6.07) is 4.39. The van der Waals surface area contributed by atoms with Gasteiger partial charge in [-0.25, -0.2) is 0 Å². The maximum Gasteiger partial charge on any atom is 0.325 e. The number of aryl methyl sites for hydroxylation is 1. The molecule has 1 aromatic rings. The zero-order valence-corrected chi connectivity index (χ0v) is 9.11. The standard InChI is InChI=1S/C11H13NO4/c1-7-5-8(13)3-4-9(7)11(15)12-6-10(14)16-2/h3-5,13H,6H2,1-2H3,(H,12,15). The van der Waals surface area contributed by atoms with E-state index < -0.39 is 5.97 Å². The smallest absolute Gasteiger partial charge is 0.325 e. The third-order valence-electron chi connectivity index (χ3n) is 2.08. The van der Waals surface area contributed by atoms with Crippen molar-refractivity contribution >= 4 is 11.9 Å². The molecule has 0 atom stereocenters. The zero-order chi connectivity index (χ0) is 12.1. The number of amides is 1. The topological polar surface area (TPSA) is 75.6 Å². The van der Waals surface area contributed by atoms with Crippen LogP contribution in [0.2, 0.25) is 0 Å². The lowest BCUT2D eigenvalue weighted by molar-refractivity contribution is -0.139. The Morgan fingerprint density at radius 2 is 2.12 bits per heavy atom. The molecule has 0 aliphatic rings. The Hall–Kier alpha value is -2.04. The van der Waals surface area contributed by atoms with E-state index >= 15 is 0 Å². The number of carbonyl (C=O) groups is 2. The Balaban J connectivity index is 2.70. The molecular weight excluding hydrogens is 210 g/mol. The first-order chi connectivity index (χ1) is 7.54. The van der Waals surface area contributed by atoms with Crippen LogP contribution in [0.4, 0.5) is 0 Å². The molecule has 0 fully saturated rings. The van der Waals surface area contributed by atoms with Crippen molar-refractivity contribution in [3.8, 4) is 5.75 Å².